The summed E-state index contributed by atoms with van der Waals surface area (Å²) in [6.45, 7) is 13.6. The summed E-state index contributed by atoms with van der Waals surface area (Å²) in [5.74, 6) is -0.0999. The van der Waals surface area contributed by atoms with Crippen LogP contribution in [0.3, 0.4) is 0 Å². The van der Waals surface area contributed by atoms with Gasteiger partial charge in [-0.3, -0.25) is 4.79 Å². The molecular formula is C19H30ClNO2Si. The molecule has 1 N–H and O–H groups in total. The number of carbonyl (C=O) groups is 1. The number of rotatable bonds is 7. The molecule has 1 aromatic carbocycles. The van der Waals surface area contributed by atoms with E-state index in [4.69, 9.17) is 16.0 Å². The van der Waals surface area contributed by atoms with Crippen LogP contribution in [-0.4, -0.2) is 25.6 Å². The Morgan fingerprint density at radius 2 is 1.50 bits per heavy atom. The minimum atomic E-state index is -2.08. The van der Waals surface area contributed by atoms with Crippen molar-refractivity contribution in [2.45, 2.75) is 75.7 Å². The molecular weight excluding hydrogens is 338 g/mol. The summed E-state index contributed by atoms with van der Waals surface area (Å²) in [6, 6.07) is 10.00. The van der Waals surface area contributed by atoms with Crippen LogP contribution in [-0.2, 0) is 9.22 Å². The van der Waals surface area contributed by atoms with E-state index in [-0.39, 0.29) is 18.1 Å². The summed E-state index contributed by atoms with van der Waals surface area (Å²) in [5, 5.41) is 2.44. The summed E-state index contributed by atoms with van der Waals surface area (Å²) in [7, 11) is -2.08. The monoisotopic (exact) mass is 367 g/mol. The quantitative estimate of drug-likeness (QED) is 0.417. The van der Waals surface area contributed by atoms with Crippen LogP contribution in [0.2, 0.25) is 16.6 Å². The van der Waals surface area contributed by atoms with E-state index in [1.807, 2.05) is 18.2 Å². The molecule has 0 spiro atoms. The van der Waals surface area contributed by atoms with Crippen LogP contribution < -0.4 is 5.32 Å². The lowest BCUT2D eigenvalue weighted by atomic mass is 9.94. The molecule has 1 aliphatic rings. The Labute approximate surface area is 152 Å². The van der Waals surface area contributed by atoms with Crippen molar-refractivity contribution in [2.75, 3.05) is 0 Å². The van der Waals surface area contributed by atoms with Crippen LogP contribution in [0.4, 0.5) is 0 Å². The lowest BCUT2D eigenvalue weighted by molar-refractivity contribution is -0.130. The zero-order valence-electron chi connectivity index (χ0n) is 15.5. The molecule has 3 atom stereocenters. The predicted octanol–water partition coefficient (Wildman–Crippen LogP) is 5.03. The lowest BCUT2D eigenvalue weighted by Gasteiger charge is -2.48. The average molecular weight is 368 g/mol. The van der Waals surface area contributed by atoms with Gasteiger partial charge in [-0.2, -0.15) is 0 Å². The molecule has 0 aliphatic carbocycles. The topological polar surface area (TPSA) is 38.3 Å². The SMILES string of the molecule is CC(C)[Si](O[C@@H](c1ccccc1)[C@H]1NC(=O)[C@@H]1Cl)(C(C)C)C(C)C. The first-order valence-electron chi connectivity index (χ1n) is 8.89. The Hall–Kier alpha value is -0.843. The molecule has 1 aliphatic heterocycles. The van der Waals surface area contributed by atoms with E-state index in [2.05, 4.69) is 59.0 Å². The van der Waals surface area contributed by atoms with Gasteiger partial charge in [-0.05, 0) is 22.2 Å². The third-order valence-electron chi connectivity index (χ3n) is 5.37. The fourth-order valence-corrected chi connectivity index (χ4v) is 10.0. The van der Waals surface area contributed by atoms with Gasteiger partial charge in [0.05, 0.1) is 12.1 Å². The van der Waals surface area contributed by atoms with E-state index < -0.39 is 13.7 Å². The van der Waals surface area contributed by atoms with Gasteiger partial charge in [0.25, 0.3) is 0 Å². The van der Waals surface area contributed by atoms with Crippen LogP contribution in [0.15, 0.2) is 30.3 Å². The molecule has 1 saturated heterocycles. The second-order valence-electron chi connectivity index (χ2n) is 7.70. The number of hydrogen-bond acceptors (Lipinski definition) is 2. The van der Waals surface area contributed by atoms with E-state index >= 15 is 0 Å². The second kappa shape index (κ2) is 7.59. The van der Waals surface area contributed by atoms with Crippen molar-refractivity contribution in [1.82, 2.24) is 5.32 Å². The first kappa shape index (κ1) is 19.5. The number of β-lactam (4-membered cyclic amide) rings is 1. The molecule has 0 unspecified atom stereocenters. The highest BCUT2D eigenvalue weighted by Gasteiger charge is 2.51. The van der Waals surface area contributed by atoms with Crippen molar-refractivity contribution in [3.05, 3.63) is 35.9 Å². The van der Waals surface area contributed by atoms with Gasteiger partial charge in [0.15, 0.2) is 0 Å². The fourth-order valence-electron chi connectivity index (χ4n) is 4.23. The molecule has 24 heavy (non-hydrogen) atoms. The van der Waals surface area contributed by atoms with E-state index in [0.717, 1.165) is 5.56 Å². The summed E-state index contributed by atoms with van der Waals surface area (Å²) < 4.78 is 6.97. The Balaban J connectivity index is 2.41. The maximum Gasteiger partial charge on any atom is 0.240 e. The predicted molar refractivity (Wildman–Crippen MR) is 103 cm³/mol. The summed E-state index contributed by atoms with van der Waals surface area (Å²) in [4.78, 5) is 11.7. The zero-order valence-corrected chi connectivity index (χ0v) is 17.3. The van der Waals surface area contributed by atoms with E-state index in [1.165, 1.54) is 0 Å². The average Bonchev–Trinajstić information content (AvgIpc) is 2.54. The lowest BCUT2D eigenvalue weighted by Crippen LogP contribution is -2.64. The molecule has 1 aromatic rings. The molecule has 0 aromatic heterocycles. The van der Waals surface area contributed by atoms with E-state index in [9.17, 15) is 4.79 Å². The maximum absolute atomic E-state index is 11.7. The molecule has 0 radical (unpaired) electrons. The molecule has 1 heterocycles. The highest BCUT2D eigenvalue weighted by molar-refractivity contribution is 6.77. The third kappa shape index (κ3) is 3.42. The van der Waals surface area contributed by atoms with Crippen molar-refractivity contribution in [3.63, 3.8) is 0 Å². The third-order valence-corrected chi connectivity index (χ3v) is 11.9. The number of halogens is 1. The number of carbonyl (C=O) groups excluding carboxylic acids is 1. The van der Waals surface area contributed by atoms with Gasteiger partial charge in [-0.15, -0.1) is 11.6 Å². The molecule has 0 saturated carbocycles. The van der Waals surface area contributed by atoms with Crippen molar-refractivity contribution in [3.8, 4) is 0 Å². The normalized spacial score (nSPS) is 22.7. The van der Waals surface area contributed by atoms with Crippen molar-refractivity contribution in [2.24, 2.45) is 0 Å². The van der Waals surface area contributed by atoms with Gasteiger partial charge in [-0.25, -0.2) is 0 Å². The fraction of sp³-hybridized carbons (Fsp3) is 0.632. The molecule has 3 nitrogen and oxygen atoms in total. The number of alkyl halides is 1. The first-order chi connectivity index (χ1) is 11.2. The summed E-state index contributed by atoms with van der Waals surface area (Å²) in [6.07, 6.45) is -0.190. The largest absolute Gasteiger partial charge is 0.407 e. The molecule has 1 amide bonds. The molecule has 5 heteroatoms. The summed E-state index contributed by atoms with van der Waals surface area (Å²) >= 11 is 6.30. The highest BCUT2D eigenvalue weighted by Crippen LogP contribution is 2.46. The van der Waals surface area contributed by atoms with Crippen molar-refractivity contribution in [1.29, 1.82) is 0 Å². The van der Waals surface area contributed by atoms with Gasteiger partial charge >= 0.3 is 0 Å². The van der Waals surface area contributed by atoms with Gasteiger partial charge in [0.2, 0.25) is 14.2 Å². The van der Waals surface area contributed by atoms with Crippen molar-refractivity contribution >= 4 is 25.8 Å². The Bertz CT molecular complexity index is 540. The van der Waals surface area contributed by atoms with Crippen molar-refractivity contribution < 1.29 is 9.22 Å². The van der Waals surface area contributed by atoms with Crippen LogP contribution in [0.1, 0.15) is 53.2 Å². The van der Waals surface area contributed by atoms with Gasteiger partial charge in [0.1, 0.15) is 5.38 Å². The van der Waals surface area contributed by atoms with E-state index in [0.29, 0.717) is 16.6 Å². The summed E-state index contributed by atoms with van der Waals surface area (Å²) in [5.41, 5.74) is 2.53. The molecule has 0 bridgehead atoms. The standard InChI is InChI=1S/C19H30ClNO2Si/c1-12(2)24(13(3)4,14(5)6)23-18(15-10-8-7-9-11-15)17-16(20)19(22)21-17/h7-14,16-18H,1-6H3,(H,21,22)/t16-,17+,18+/m1/s1. The van der Waals surface area contributed by atoms with Gasteiger partial charge < -0.3 is 9.74 Å². The Kier molecular flexibility index (Phi) is 6.16. The second-order valence-corrected chi connectivity index (χ2v) is 13.6. The smallest absolute Gasteiger partial charge is 0.240 e. The Morgan fingerprint density at radius 1 is 1.00 bits per heavy atom. The maximum atomic E-state index is 11.7. The van der Waals surface area contributed by atoms with Gasteiger partial charge in [-0.1, -0.05) is 71.9 Å². The van der Waals surface area contributed by atoms with Crippen LogP contribution >= 0.6 is 11.6 Å². The molecule has 2 rings (SSSR count). The molecule has 134 valence electrons. The van der Waals surface area contributed by atoms with Crippen LogP contribution in [0.5, 0.6) is 0 Å². The number of nitrogens with one attached hydrogen (secondary N) is 1. The number of benzene rings is 1. The number of hydrogen-bond donors (Lipinski definition) is 1. The minimum absolute atomic E-state index is 0.0999. The Morgan fingerprint density at radius 3 is 1.88 bits per heavy atom. The van der Waals surface area contributed by atoms with Crippen LogP contribution in [0.25, 0.3) is 0 Å². The zero-order chi connectivity index (χ0) is 18.1. The number of amides is 1. The molecule has 1 fully saturated rings. The van der Waals surface area contributed by atoms with Gasteiger partial charge in [0, 0.05) is 0 Å². The van der Waals surface area contributed by atoms with E-state index in [1.54, 1.807) is 0 Å². The first-order valence-corrected chi connectivity index (χ1v) is 11.5. The van der Waals surface area contributed by atoms with Crippen LogP contribution in [0, 0.1) is 0 Å². The minimum Gasteiger partial charge on any atom is -0.407 e. The highest BCUT2D eigenvalue weighted by atomic mass is 35.5.